The van der Waals surface area contributed by atoms with Crippen LogP contribution in [0.4, 0.5) is 4.39 Å². The average Bonchev–Trinajstić information content (AvgIpc) is 3.00. The first-order valence-electron chi connectivity index (χ1n) is 7.87. The number of nitrogens with zero attached hydrogens (tertiary/aromatic N) is 4. The van der Waals surface area contributed by atoms with E-state index < -0.39 is 5.91 Å². The lowest BCUT2D eigenvalue weighted by molar-refractivity contribution is 0.0993. The highest BCUT2D eigenvalue weighted by Gasteiger charge is 2.13. The molecule has 0 radical (unpaired) electrons. The molecule has 0 N–H and O–H groups in total. The highest BCUT2D eigenvalue weighted by Crippen LogP contribution is 2.20. The van der Waals surface area contributed by atoms with Gasteiger partial charge in [0.15, 0.2) is 4.80 Å². The van der Waals surface area contributed by atoms with Gasteiger partial charge in [-0.3, -0.25) is 9.78 Å². The lowest BCUT2D eigenvalue weighted by Crippen LogP contribution is -2.17. The maximum atomic E-state index is 14.2. The van der Waals surface area contributed by atoms with Crippen LogP contribution >= 0.6 is 11.3 Å². The van der Waals surface area contributed by atoms with Crippen molar-refractivity contribution in [2.75, 3.05) is 0 Å². The molecular weight excluding hydrogens is 351 g/mol. The molecule has 2 heterocycles. The van der Waals surface area contributed by atoms with Gasteiger partial charge in [0.05, 0.1) is 27.4 Å². The van der Waals surface area contributed by atoms with E-state index in [-0.39, 0.29) is 11.5 Å². The number of carbonyl (C=O) groups is 1. The predicted octanol–water partition coefficient (Wildman–Crippen LogP) is 3.71. The van der Waals surface area contributed by atoms with Gasteiger partial charge in [-0.05, 0) is 24.3 Å². The molecule has 2 aromatic heterocycles. The molecule has 0 unspecified atom stereocenters. The number of hydrogen-bond acceptors (Lipinski definition) is 4. The predicted molar refractivity (Wildman–Crippen MR) is 99.4 cm³/mol. The Bertz CT molecular complexity index is 1230. The number of rotatable bonds is 3. The second-order valence-electron chi connectivity index (χ2n) is 5.53. The molecule has 0 aliphatic rings. The fourth-order valence-corrected chi connectivity index (χ4v) is 3.73. The molecule has 0 fully saturated rings. The smallest absolute Gasteiger partial charge is 0.299 e. The number of hydrogen-bond donors (Lipinski definition) is 0. The molecule has 2 aromatic carbocycles. The van der Waals surface area contributed by atoms with Crippen LogP contribution in [0.3, 0.4) is 0 Å². The Balaban J connectivity index is 1.86. The third-order valence-corrected chi connectivity index (χ3v) is 4.87. The standard InChI is InChI=1S/C19H13FN4OS/c1-2-10-24-17-12(20)6-5-9-16(17)26-19(24)23-18(25)15-11-21-13-7-3-4-8-14(13)22-15/h2-9,11H,1,10H2. The zero-order valence-electron chi connectivity index (χ0n) is 13.6. The average molecular weight is 364 g/mol. The Morgan fingerprint density at radius 2 is 2.04 bits per heavy atom. The van der Waals surface area contributed by atoms with Gasteiger partial charge in [0.1, 0.15) is 11.5 Å². The first-order chi connectivity index (χ1) is 12.7. The van der Waals surface area contributed by atoms with Gasteiger partial charge in [0, 0.05) is 6.54 Å². The van der Waals surface area contributed by atoms with Gasteiger partial charge < -0.3 is 4.57 Å². The number of aromatic nitrogens is 3. The maximum Gasteiger partial charge on any atom is 0.299 e. The second-order valence-corrected chi connectivity index (χ2v) is 6.54. The van der Waals surface area contributed by atoms with Crippen molar-refractivity contribution in [1.29, 1.82) is 0 Å². The molecule has 0 saturated carbocycles. The summed E-state index contributed by atoms with van der Waals surface area (Å²) in [4.78, 5) is 25.7. The van der Waals surface area contributed by atoms with Crippen molar-refractivity contribution in [1.82, 2.24) is 14.5 Å². The van der Waals surface area contributed by atoms with Crippen LogP contribution in [0.1, 0.15) is 10.5 Å². The van der Waals surface area contributed by atoms with Gasteiger partial charge >= 0.3 is 0 Å². The van der Waals surface area contributed by atoms with Crippen LogP contribution in [-0.2, 0) is 6.54 Å². The number of halogens is 1. The third kappa shape index (κ3) is 2.82. The molecule has 128 valence electrons. The maximum absolute atomic E-state index is 14.2. The van der Waals surface area contributed by atoms with Crippen molar-refractivity contribution < 1.29 is 9.18 Å². The van der Waals surface area contributed by atoms with E-state index in [9.17, 15) is 9.18 Å². The lowest BCUT2D eigenvalue weighted by Gasteiger charge is -2.02. The van der Waals surface area contributed by atoms with Crippen LogP contribution in [0.2, 0.25) is 0 Å². The Morgan fingerprint density at radius 1 is 1.23 bits per heavy atom. The van der Waals surface area contributed by atoms with Crippen molar-refractivity contribution in [3.05, 3.63) is 77.6 Å². The zero-order valence-corrected chi connectivity index (χ0v) is 14.4. The highest BCUT2D eigenvalue weighted by molar-refractivity contribution is 7.16. The van der Waals surface area contributed by atoms with E-state index in [1.807, 2.05) is 18.2 Å². The number of benzene rings is 2. The van der Waals surface area contributed by atoms with E-state index in [0.717, 1.165) is 0 Å². The van der Waals surface area contributed by atoms with Crippen LogP contribution in [0.25, 0.3) is 21.3 Å². The Kier molecular flexibility index (Phi) is 4.14. The van der Waals surface area contributed by atoms with Gasteiger partial charge in [0.2, 0.25) is 0 Å². The number of amides is 1. The normalized spacial score (nSPS) is 12.0. The molecule has 0 aliphatic heterocycles. The molecule has 0 aliphatic carbocycles. The van der Waals surface area contributed by atoms with Gasteiger partial charge in [-0.2, -0.15) is 4.99 Å². The summed E-state index contributed by atoms with van der Waals surface area (Å²) in [6.45, 7) is 4.04. The zero-order chi connectivity index (χ0) is 18.1. The minimum atomic E-state index is -0.520. The number of fused-ring (bicyclic) bond motifs is 2. The minimum absolute atomic E-state index is 0.145. The van der Waals surface area contributed by atoms with Gasteiger partial charge in [-0.1, -0.05) is 35.6 Å². The van der Waals surface area contributed by atoms with Crippen LogP contribution in [-0.4, -0.2) is 20.4 Å². The summed E-state index contributed by atoms with van der Waals surface area (Å²) in [5.74, 6) is -0.881. The van der Waals surface area contributed by atoms with Crippen molar-refractivity contribution in [2.24, 2.45) is 4.99 Å². The number of thiazole rings is 1. The SMILES string of the molecule is C=CCn1c(=NC(=O)c2cnc3ccccc3n2)sc2cccc(F)c21. The first kappa shape index (κ1) is 16.3. The van der Waals surface area contributed by atoms with E-state index in [0.29, 0.717) is 32.6 Å². The molecular formula is C19H13FN4OS. The van der Waals surface area contributed by atoms with Crippen LogP contribution in [0.5, 0.6) is 0 Å². The first-order valence-corrected chi connectivity index (χ1v) is 8.68. The number of allylic oxidation sites excluding steroid dienone is 1. The summed E-state index contributed by atoms with van der Waals surface area (Å²) in [5.41, 5.74) is 1.88. The summed E-state index contributed by atoms with van der Waals surface area (Å²) >= 11 is 1.24. The molecule has 26 heavy (non-hydrogen) atoms. The lowest BCUT2D eigenvalue weighted by atomic mass is 10.3. The topological polar surface area (TPSA) is 60.1 Å². The molecule has 4 aromatic rings. The van der Waals surface area contributed by atoms with Crippen molar-refractivity contribution in [2.45, 2.75) is 6.54 Å². The van der Waals surface area contributed by atoms with Crippen molar-refractivity contribution in [3.8, 4) is 0 Å². The van der Waals surface area contributed by atoms with Gasteiger partial charge in [-0.15, -0.1) is 6.58 Å². The Morgan fingerprint density at radius 3 is 2.85 bits per heavy atom. The van der Waals surface area contributed by atoms with Gasteiger partial charge in [-0.25, -0.2) is 9.37 Å². The fourth-order valence-electron chi connectivity index (χ4n) is 2.67. The summed E-state index contributed by atoms with van der Waals surface area (Å²) in [5, 5.41) is 0. The minimum Gasteiger partial charge on any atom is -0.310 e. The molecule has 0 saturated heterocycles. The quantitative estimate of drug-likeness (QED) is 0.521. The summed E-state index contributed by atoms with van der Waals surface area (Å²) < 4.78 is 16.6. The van der Waals surface area contributed by atoms with E-state index in [4.69, 9.17) is 0 Å². The van der Waals surface area contributed by atoms with E-state index in [1.54, 1.807) is 28.8 Å². The highest BCUT2D eigenvalue weighted by atomic mass is 32.1. The third-order valence-electron chi connectivity index (χ3n) is 3.83. The fraction of sp³-hybridized carbons (Fsp3) is 0.0526. The molecule has 0 atom stereocenters. The van der Waals surface area contributed by atoms with Gasteiger partial charge in [0.25, 0.3) is 5.91 Å². The summed E-state index contributed by atoms with van der Waals surface area (Å²) in [7, 11) is 0. The number of carbonyl (C=O) groups excluding carboxylic acids is 1. The molecule has 0 spiro atoms. The van der Waals surface area contributed by atoms with E-state index in [1.165, 1.54) is 23.6 Å². The Hall–Kier alpha value is -3.19. The van der Waals surface area contributed by atoms with Crippen LogP contribution in [0.15, 0.2) is 66.3 Å². The summed E-state index contributed by atoms with van der Waals surface area (Å²) in [6, 6.07) is 12.1. The molecule has 1 amide bonds. The summed E-state index contributed by atoms with van der Waals surface area (Å²) in [6.07, 6.45) is 3.04. The Labute approximate surface area is 151 Å². The molecule has 4 rings (SSSR count). The monoisotopic (exact) mass is 364 g/mol. The largest absolute Gasteiger partial charge is 0.310 e. The molecule has 7 heteroatoms. The molecule has 0 bridgehead atoms. The molecule has 5 nitrogen and oxygen atoms in total. The number of para-hydroxylation sites is 3. The van der Waals surface area contributed by atoms with Crippen molar-refractivity contribution >= 4 is 38.5 Å². The van der Waals surface area contributed by atoms with Crippen LogP contribution in [0, 0.1) is 5.82 Å². The van der Waals surface area contributed by atoms with Crippen LogP contribution < -0.4 is 4.80 Å². The van der Waals surface area contributed by atoms with E-state index >= 15 is 0 Å². The van der Waals surface area contributed by atoms with Crippen molar-refractivity contribution in [3.63, 3.8) is 0 Å². The van der Waals surface area contributed by atoms with E-state index in [2.05, 4.69) is 21.5 Å². The second kappa shape index (κ2) is 6.61.